The van der Waals surface area contributed by atoms with Crippen molar-refractivity contribution in [2.24, 2.45) is 0 Å². The lowest BCUT2D eigenvalue weighted by Crippen LogP contribution is -2.35. The highest BCUT2D eigenvalue weighted by Crippen LogP contribution is 2.22. The summed E-state index contributed by atoms with van der Waals surface area (Å²) >= 11 is 5.77. The molecule has 1 rings (SSSR count). The summed E-state index contributed by atoms with van der Waals surface area (Å²) in [5.41, 5.74) is 0.155. The fourth-order valence-corrected chi connectivity index (χ4v) is 3.13. The van der Waals surface area contributed by atoms with Gasteiger partial charge < -0.3 is 5.11 Å². The van der Waals surface area contributed by atoms with Gasteiger partial charge in [0.1, 0.15) is 12.6 Å². The fourth-order valence-electron chi connectivity index (χ4n) is 1.41. The first-order valence-electron chi connectivity index (χ1n) is 5.24. The van der Waals surface area contributed by atoms with Gasteiger partial charge in [-0.2, -0.15) is 9.57 Å². The first kappa shape index (κ1) is 15.4. The zero-order valence-corrected chi connectivity index (χ0v) is 11.6. The molecule has 1 aromatic rings. The van der Waals surface area contributed by atoms with Crippen molar-refractivity contribution in [1.82, 2.24) is 4.31 Å². The lowest BCUT2D eigenvalue weighted by Gasteiger charge is -2.18. The summed E-state index contributed by atoms with van der Waals surface area (Å²) < 4.78 is 25.2. The topological polar surface area (TPSA) is 98.5 Å². The van der Waals surface area contributed by atoms with E-state index in [0.29, 0.717) is 0 Å². The molecule has 0 heterocycles. The number of nitrogens with zero attached hydrogens (tertiary/aromatic N) is 2. The minimum absolute atomic E-state index is 0.00922. The molecule has 0 aliphatic rings. The lowest BCUT2D eigenvalue weighted by molar-refractivity contribution is -0.137. The summed E-state index contributed by atoms with van der Waals surface area (Å²) in [6.07, 6.45) is 0. The van der Waals surface area contributed by atoms with E-state index in [2.05, 4.69) is 0 Å². The maximum atomic E-state index is 12.2. The molecule has 1 aromatic carbocycles. The van der Waals surface area contributed by atoms with Crippen molar-refractivity contribution >= 4 is 27.6 Å². The molecule has 102 valence electrons. The molecular weight excluding hydrogens is 292 g/mol. The number of hydrogen-bond donors (Lipinski definition) is 1. The maximum absolute atomic E-state index is 12.2. The lowest BCUT2D eigenvalue weighted by atomic mass is 10.2. The van der Waals surface area contributed by atoms with Crippen LogP contribution in [0.5, 0.6) is 0 Å². The Morgan fingerprint density at radius 1 is 1.53 bits per heavy atom. The summed E-state index contributed by atoms with van der Waals surface area (Å²) in [6.45, 7) is 0.925. The second-order valence-electron chi connectivity index (χ2n) is 3.58. The van der Waals surface area contributed by atoms with Gasteiger partial charge in [-0.1, -0.05) is 18.5 Å². The van der Waals surface area contributed by atoms with Crippen LogP contribution < -0.4 is 0 Å². The van der Waals surface area contributed by atoms with Crippen LogP contribution in [-0.2, 0) is 14.8 Å². The zero-order valence-electron chi connectivity index (χ0n) is 10.00. The fraction of sp³-hybridized carbons (Fsp3) is 0.273. The number of aliphatic carboxylic acids is 1. The summed E-state index contributed by atoms with van der Waals surface area (Å²) in [6, 6.07) is 5.46. The van der Waals surface area contributed by atoms with Crippen LogP contribution in [0, 0.1) is 11.3 Å². The third-order valence-corrected chi connectivity index (χ3v) is 4.59. The molecule has 0 spiro atoms. The van der Waals surface area contributed by atoms with Crippen LogP contribution in [0.25, 0.3) is 0 Å². The van der Waals surface area contributed by atoms with Crippen LogP contribution in [0.4, 0.5) is 0 Å². The second kappa shape index (κ2) is 6.02. The van der Waals surface area contributed by atoms with Gasteiger partial charge in [-0.05, 0) is 18.2 Å². The first-order valence-corrected chi connectivity index (χ1v) is 7.06. The Balaban J connectivity index is 3.23. The van der Waals surface area contributed by atoms with Crippen molar-refractivity contribution in [1.29, 1.82) is 5.26 Å². The number of halogens is 1. The Labute approximate surface area is 115 Å². The quantitative estimate of drug-likeness (QED) is 0.884. The molecule has 0 aliphatic carbocycles. The van der Waals surface area contributed by atoms with Gasteiger partial charge in [0.05, 0.1) is 15.5 Å². The number of benzene rings is 1. The number of carbonyl (C=O) groups is 1. The average molecular weight is 303 g/mol. The Morgan fingerprint density at radius 2 is 2.16 bits per heavy atom. The van der Waals surface area contributed by atoms with Gasteiger partial charge in [-0.3, -0.25) is 4.79 Å². The molecule has 0 fully saturated rings. The molecular formula is C11H11ClN2O4S. The smallest absolute Gasteiger partial charge is 0.318 e. The molecule has 0 aliphatic heterocycles. The highest BCUT2D eigenvalue weighted by molar-refractivity contribution is 7.89. The van der Waals surface area contributed by atoms with Gasteiger partial charge in [-0.15, -0.1) is 0 Å². The Bertz CT molecular complexity index is 637. The molecule has 6 nitrogen and oxygen atoms in total. The second-order valence-corrected chi connectivity index (χ2v) is 5.92. The number of carboxylic acid groups (broad SMARTS) is 1. The summed E-state index contributed by atoms with van der Waals surface area (Å²) in [5, 5.41) is 17.4. The molecule has 0 saturated heterocycles. The first-order chi connectivity index (χ1) is 8.82. The van der Waals surface area contributed by atoms with Crippen molar-refractivity contribution in [2.75, 3.05) is 13.1 Å². The summed E-state index contributed by atoms with van der Waals surface area (Å²) in [4.78, 5) is 10.5. The Morgan fingerprint density at radius 3 is 2.58 bits per heavy atom. The van der Waals surface area contributed by atoms with Gasteiger partial charge in [0.15, 0.2) is 0 Å². The molecule has 1 N–H and O–H groups in total. The van der Waals surface area contributed by atoms with E-state index in [4.69, 9.17) is 22.0 Å². The molecule has 0 unspecified atom stereocenters. The van der Waals surface area contributed by atoms with Gasteiger partial charge in [0.25, 0.3) is 0 Å². The van der Waals surface area contributed by atoms with Crippen LogP contribution >= 0.6 is 11.6 Å². The summed E-state index contributed by atoms with van der Waals surface area (Å²) in [5.74, 6) is -1.25. The van der Waals surface area contributed by atoms with E-state index in [-0.39, 0.29) is 22.0 Å². The molecule has 0 atom stereocenters. The number of rotatable bonds is 5. The van der Waals surface area contributed by atoms with Crippen molar-refractivity contribution in [3.8, 4) is 6.07 Å². The number of likely N-dealkylation sites (N-methyl/N-ethyl adjacent to an activating group) is 1. The molecule has 0 bridgehead atoms. The highest BCUT2D eigenvalue weighted by Gasteiger charge is 2.25. The van der Waals surface area contributed by atoms with Crippen molar-refractivity contribution in [3.05, 3.63) is 28.8 Å². The van der Waals surface area contributed by atoms with Crippen LogP contribution in [0.15, 0.2) is 23.1 Å². The van der Waals surface area contributed by atoms with Crippen molar-refractivity contribution in [2.45, 2.75) is 11.8 Å². The molecule has 0 radical (unpaired) electrons. The predicted molar refractivity (Wildman–Crippen MR) is 68.2 cm³/mol. The standard InChI is InChI=1S/C11H11ClN2O4S/c1-2-14(7-11(15)16)19(17,18)9-4-3-8(6-13)10(12)5-9/h3-5H,2,7H2,1H3,(H,15,16). The normalized spacial score (nSPS) is 11.3. The molecule has 0 aromatic heterocycles. The van der Waals surface area contributed by atoms with E-state index in [9.17, 15) is 13.2 Å². The van der Waals surface area contributed by atoms with Gasteiger partial charge in [0.2, 0.25) is 10.0 Å². The maximum Gasteiger partial charge on any atom is 0.318 e. The van der Waals surface area contributed by atoms with Crippen LogP contribution in [0.3, 0.4) is 0 Å². The average Bonchev–Trinajstić information content (AvgIpc) is 2.35. The van der Waals surface area contributed by atoms with E-state index in [0.717, 1.165) is 10.4 Å². The van der Waals surface area contributed by atoms with Crippen molar-refractivity contribution in [3.63, 3.8) is 0 Å². The van der Waals surface area contributed by atoms with Gasteiger partial charge in [-0.25, -0.2) is 8.42 Å². The minimum Gasteiger partial charge on any atom is -0.480 e. The number of sulfonamides is 1. The summed E-state index contributed by atoms with van der Waals surface area (Å²) in [7, 11) is -3.94. The van der Waals surface area contributed by atoms with E-state index in [1.807, 2.05) is 6.07 Å². The molecule has 0 saturated carbocycles. The van der Waals surface area contributed by atoms with E-state index >= 15 is 0 Å². The van der Waals surface area contributed by atoms with E-state index < -0.39 is 22.5 Å². The highest BCUT2D eigenvalue weighted by atomic mass is 35.5. The molecule has 19 heavy (non-hydrogen) atoms. The Kier molecular flexibility index (Phi) is 4.89. The molecule has 0 amide bonds. The molecule has 8 heteroatoms. The Hall–Kier alpha value is -1.62. The largest absolute Gasteiger partial charge is 0.480 e. The number of carboxylic acids is 1. The monoisotopic (exact) mass is 302 g/mol. The number of nitriles is 1. The van der Waals surface area contributed by atoms with Crippen molar-refractivity contribution < 1.29 is 18.3 Å². The van der Waals surface area contributed by atoms with Gasteiger partial charge in [0, 0.05) is 6.54 Å². The van der Waals surface area contributed by atoms with E-state index in [1.54, 1.807) is 0 Å². The van der Waals surface area contributed by atoms with E-state index in [1.165, 1.54) is 19.1 Å². The third-order valence-electron chi connectivity index (χ3n) is 2.36. The van der Waals surface area contributed by atoms with Crippen LogP contribution in [0.1, 0.15) is 12.5 Å². The zero-order chi connectivity index (χ0) is 14.6. The SMILES string of the molecule is CCN(CC(=O)O)S(=O)(=O)c1ccc(C#N)c(Cl)c1. The third kappa shape index (κ3) is 3.44. The predicted octanol–water partition coefficient (Wildman–Crippen LogP) is 1.31. The minimum atomic E-state index is -3.94. The number of hydrogen-bond acceptors (Lipinski definition) is 4. The van der Waals surface area contributed by atoms with Gasteiger partial charge >= 0.3 is 5.97 Å². The van der Waals surface area contributed by atoms with Crippen LogP contribution in [0.2, 0.25) is 5.02 Å². The van der Waals surface area contributed by atoms with Crippen LogP contribution in [-0.4, -0.2) is 36.9 Å².